The normalized spacial score (nSPS) is 16.4. The van der Waals surface area contributed by atoms with E-state index < -0.39 is 11.9 Å². The molecule has 0 heterocycles. The van der Waals surface area contributed by atoms with Gasteiger partial charge in [-0.25, -0.2) is 0 Å². The Bertz CT molecular complexity index is 299. The van der Waals surface area contributed by atoms with E-state index in [1.807, 2.05) is 0 Å². The molecule has 5 heteroatoms. The molecule has 14 heavy (non-hydrogen) atoms. The molecule has 0 spiro atoms. The maximum absolute atomic E-state index is 12.5. The highest BCUT2D eigenvalue weighted by molar-refractivity contribution is 5.23. The van der Waals surface area contributed by atoms with Crippen molar-refractivity contribution in [2.45, 2.75) is 11.9 Å². The molecule has 0 bridgehead atoms. The molecule has 1 unspecified atom stereocenters. The Balaban J connectivity index is 3.15. The number of nitrogens with two attached hydrogens (primary N) is 1. The van der Waals surface area contributed by atoms with Gasteiger partial charge in [-0.2, -0.15) is 13.2 Å². The zero-order valence-corrected chi connectivity index (χ0v) is 7.51. The lowest BCUT2D eigenvalue weighted by Crippen LogP contribution is -2.51. The Morgan fingerprint density at radius 1 is 1.14 bits per heavy atom. The van der Waals surface area contributed by atoms with Crippen LogP contribution in [-0.4, -0.2) is 13.3 Å². The first-order chi connectivity index (χ1) is 6.42. The third kappa shape index (κ3) is 1.73. The maximum atomic E-state index is 12.5. The van der Waals surface area contributed by atoms with Crippen LogP contribution in [0.1, 0.15) is 5.56 Å². The summed E-state index contributed by atoms with van der Waals surface area (Å²) in [5.74, 6) is 0. The van der Waals surface area contributed by atoms with Crippen LogP contribution in [0.5, 0.6) is 0 Å². The van der Waals surface area contributed by atoms with Crippen LogP contribution >= 0.6 is 0 Å². The van der Waals surface area contributed by atoms with Crippen molar-refractivity contribution in [1.29, 1.82) is 0 Å². The summed E-state index contributed by atoms with van der Waals surface area (Å²) in [6, 6.07) is 7.10. The Morgan fingerprint density at radius 2 is 1.64 bits per heavy atom. The molecule has 2 N–H and O–H groups in total. The average Bonchev–Trinajstić information content (AvgIpc) is 2.16. The molecule has 0 radical (unpaired) electrons. The van der Waals surface area contributed by atoms with Gasteiger partial charge in [0.25, 0.3) is 0 Å². The van der Waals surface area contributed by atoms with Crippen LogP contribution in [0.25, 0.3) is 0 Å². The summed E-state index contributed by atoms with van der Waals surface area (Å²) in [4.78, 5) is 0. The van der Waals surface area contributed by atoms with E-state index in [4.69, 9.17) is 5.73 Å². The minimum absolute atomic E-state index is 0.116. The average molecular weight is 205 g/mol. The molecule has 1 atom stereocenters. The standard InChI is InChI=1S/C9H10F3NO/c1-14-8(13,9(10,11)12)7-5-3-2-4-6-7/h2-6H,13H2,1H3. The molecule has 1 aromatic carbocycles. The van der Waals surface area contributed by atoms with E-state index in [1.54, 1.807) is 6.07 Å². The maximum Gasteiger partial charge on any atom is 0.435 e. The highest BCUT2D eigenvalue weighted by atomic mass is 19.4. The van der Waals surface area contributed by atoms with E-state index in [0.29, 0.717) is 0 Å². The Hall–Kier alpha value is -1.07. The van der Waals surface area contributed by atoms with E-state index in [2.05, 4.69) is 4.74 Å². The molecule has 0 aromatic heterocycles. The van der Waals surface area contributed by atoms with Crippen LogP contribution in [0.15, 0.2) is 30.3 Å². The summed E-state index contributed by atoms with van der Waals surface area (Å²) in [5, 5.41) is 0. The van der Waals surface area contributed by atoms with Gasteiger partial charge in [0.1, 0.15) is 0 Å². The summed E-state index contributed by atoms with van der Waals surface area (Å²) >= 11 is 0. The van der Waals surface area contributed by atoms with Gasteiger partial charge in [-0.15, -0.1) is 0 Å². The fourth-order valence-electron chi connectivity index (χ4n) is 1.08. The fourth-order valence-corrected chi connectivity index (χ4v) is 1.08. The summed E-state index contributed by atoms with van der Waals surface area (Å²) < 4.78 is 42.0. The largest absolute Gasteiger partial charge is 0.435 e. The molecule has 0 saturated heterocycles. The van der Waals surface area contributed by atoms with Crippen molar-refractivity contribution >= 4 is 0 Å². The van der Waals surface area contributed by atoms with Crippen LogP contribution < -0.4 is 5.73 Å². The van der Waals surface area contributed by atoms with Gasteiger partial charge in [-0.3, -0.25) is 5.73 Å². The van der Waals surface area contributed by atoms with Crippen LogP contribution in [0, 0.1) is 0 Å². The minimum atomic E-state index is -4.64. The highest BCUT2D eigenvalue weighted by Crippen LogP contribution is 2.36. The number of rotatable bonds is 2. The molecule has 1 aromatic rings. The molecule has 0 aliphatic heterocycles. The second kappa shape index (κ2) is 3.59. The van der Waals surface area contributed by atoms with Crippen molar-refractivity contribution in [3.8, 4) is 0 Å². The number of hydrogen-bond donors (Lipinski definition) is 1. The first kappa shape index (κ1) is 11.0. The number of alkyl halides is 3. The Labute approximate surface area is 79.5 Å². The molecule has 78 valence electrons. The fraction of sp³-hybridized carbons (Fsp3) is 0.333. The summed E-state index contributed by atoms with van der Waals surface area (Å²) in [6.45, 7) is 0. The molecular formula is C9H10F3NO. The predicted molar refractivity (Wildman–Crippen MR) is 45.4 cm³/mol. The number of methoxy groups -OCH3 is 1. The van der Waals surface area contributed by atoms with Gasteiger partial charge in [-0.1, -0.05) is 30.3 Å². The van der Waals surface area contributed by atoms with Crippen molar-refractivity contribution in [2.24, 2.45) is 5.73 Å². The van der Waals surface area contributed by atoms with Gasteiger partial charge in [0, 0.05) is 12.7 Å². The predicted octanol–water partition coefficient (Wildman–Crippen LogP) is 2.01. The zero-order chi connectivity index (χ0) is 10.8. The van der Waals surface area contributed by atoms with Gasteiger partial charge in [-0.05, 0) is 0 Å². The first-order valence-corrected chi connectivity index (χ1v) is 3.88. The van der Waals surface area contributed by atoms with E-state index in [9.17, 15) is 13.2 Å². The Kier molecular flexibility index (Phi) is 2.82. The molecule has 0 aliphatic rings. The number of ether oxygens (including phenoxy) is 1. The molecular weight excluding hydrogens is 195 g/mol. The molecule has 0 saturated carbocycles. The molecule has 1 rings (SSSR count). The summed E-state index contributed by atoms with van der Waals surface area (Å²) in [6.07, 6.45) is -4.64. The van der Waals surface area contributed by atoms with E-state index >= 15 is 0 Å². The smallest absolute Gasteiger partial charge is 0.352 e. The van der Waals surface area contributed by atoms with Crippen molar-refractivity contribution < 1.29 is 17.9 Å². The first-order valence-electron chi connectivity index (χ1n) is 3.88. The lowest BCUT2D eigenvalue weighted by Gasteiger charge is -2.30. The second-order valence-electron chi connectivity index (χ2n) is 2.80. The van der Waals surface area contributed by atoms with Crippen LogP contribution in [0.4, 0.5) is 13.2 Å². The van der Waals surface area contributed by atoms with Crippen LogP contribution in [0.2, 0.25) is 0 Å². The van der Waals surface area contributed by atoms with Gasteiger partial charge >= 0.3 is 6.18 Å². The number of benzene rings is 1. The summed E-state index contributed by atoms with van der Waals surface area (Å²) in [5.41, 5.74) is 2.30. The highest BCUT2D eigenvalue weighted by Gasteiger charge is 2.54. The van der Waals surface area contributed by atoms with E-state index in [-0.39, 0.29) is 5.56 Å². The van der Waals surface area contributed by atoms with Crippen molar-refractivity contribution in [2.75, 3.05) is 7.11 Å². The Morgan fingerprint density at radius 3 is 2.00 bits per heavy atom. The second-order valence-corrected chi connectivity index (χ2v) is 2.80. The van der Waals surface area contributed by atoms with Crippen molar-refractivity contribution in [3.63, 3.8) is 0 Å². The van der Waals surface area contributed by atoms with Crippen LogP contribution in [-0.2, 0) is 10.5 Å². The molecule has 0 aliphatic carbocycles. The topological polar surface area (TPSA) is 35.2 Å². The number of halogens is 3. The molecule has 0 amide bonds. The quantitative estimate of drug-likeness (QED) is 0.749. The minimum Gasteiger partial charge on any atom is -0.352 e. The number of hydrogen-bond acceptors (Lipinski definition) is 2. The third-order valence-electron chi connectivity index (χ3n) is 1.95. The lowest BCUT2D eigenvalue weighted by atomic mass is 10.0. The lowest BCUT2D eigenvalue weighted by molar-refractivity contribution is -0.274. The van der Waals surface area contributed by atoms with Gasteiger partial charge in [0.15, 0.2) is 0 Å². The molecule has 0 fully saturated rings. The van der Waals surface area contributed by atoms with Crippen molar-refractivity contribution in [3.05, 3.63) is 35.9 Å². The van der Waals surface area contributed by atoms with E-state index in [0.717, 1.165) is 7.11 Å². The zero-order valence-electron chi connectivity index (χ0n) is 7.51. The van der Waals surface area contributed by atoms with Gasteiger partial charge < -0.3 is 4.74 Å². The molecule has 2 nitrogen and oxygen atoms in total. The van der Waals surface area contributed by atoms with Gasteiger partial charge in [0.2, 0.25) is 5.72 Å². The van der Waals surface area contributed by atoms with Gasteiger partial charge in [0.05, 0.1) is 0 Å². The SMILES string of the molecule is COC(N)(c1ccccc1)C(F)(F)F. The third-order valence-corrected chi connectivity index (χ3v) is 1.95. The van der Waals surface area contributed by atoms with Crippen LogP contribution in [0.3, 0.4) is 0 Å². The van der Waals surface area contributed by atoms with E-state index in [1.165, 1.54) is 24.3 Å². The summed E-state index contributed by atoms with van der Waals surface area (Å²) in [7, 11) is 0.931. The monoisotopic (exact) mass is 205 g/mol. The van der Waals surface area contributed by atoms with Crippen molar-refractivity contribution in [1.82, 2.24) is 0 Å².